The Morgan fingerprint density at radius 1 is 1.06 bits per heavy atom. The maximum Gasteiger partial charge on any atom is 0.337 e. The number of nitro groups is 1. The summed E-state index contributed by atoms with van der Waals surface area (Å²) in [5, 5.41) is 13.6. The highest BCUT2D eigenvalue weighted by atomic mass is 16.6. The van der Waals surface area contributed by atoms with Crippen molar-refractivity contribution in [2.45, 2.75) is 13.0 Å². The van der Waals surface area contributed by atoms with Gasteiger partial charge in [0.05, 0.1) is 36.8 Å². The van der Waals surface area contributed by atoms with E-state index in [0.717, 1.165) is 0 Å². The van der Waals surface area contributed by atoms with Gasteiger partial charge in [0.1, 0.15) is 0 Å². The van der Waals surface area contributed by atoms with Gasteiger partial charge >= 0.3 is 11.9 Å². The maximum absolute atomic E-state index is 12.5. The van der Waals surface area contributed by atoms with Gasteiger partial charge in [0.25, 0.3) is 5.69 Å². The fourth-order valence-corrected chi connectivity index (χ4v) is 2.89. The molecule has 0 bridgehead atoms. The minimum Gasteiger partial charge on any atom is -0.465 e. The minimum absolute atomic E-state index is 0.0304. The number of likely N-dealkylation sites (N-methyl/N-ethyl adjacent to an activating group) is 1. The molecule has 1 N–H and O–H groups in total. The zero-order valence-electron chi connectivity index (χ0n) is 17.6. The van der Waals surface area contributed by atoms with Gasteiger partial charge in [0.15, 0.2) is 0 Å². The lowest BCUT2D eigenvalue weighted by molar-refractivity contribution is -0.384. The molecule has 1 amide bonds. The molecule has 0 fully saturated rings. The number of nitro benzene ring substituents is 1. The van der Waals surface area contributed by atoms with Gasteiger partial charge in [0, 0.05) is 23.9 Å². The van der Waals surface area contributed by atoms with Gasteiger partial charge < -0.3 is 14.8 Å². The highest BCUT2D eigenvalue weighted by Crippen LogP contribution is 2.23. The van der Waals surface area contributed by atoms with E-state index in [1.807, 2.05) is 6.92 Å². The lowest BCUT2D eigenvalue weighted by Gasteiger charge is -2.24. The second-order valence-electron chi connectivity index (χ2n) is 6.77. The van der Waals surface area contributed by atoms with Crippen LogP contribution in [0.25, 0.3) is 0 Å². The number of nitrogens with one attached hydrogen (secondary N) is 1. The molecule has 0 saturated carbocycles. The number of benzene rings is 2. The van der Waals surface area contributed by atoms with Crippen LogP contribution >= 0.6 is 0 Å². The molecule has 0 aliphatic rings. The van der Waals surface area contributed by atoms with Crippen LogP contribution in [0.1, 0.15) is 39.2 Å². The van der Waals surface area contributed by atoms with Crippen molar-refractivity contribution in [3.63, 3.8) is 0 Å². The Morgan fingerprint density at radius 3 is 2.16 bits per heavy atom. The summed E-state index contributed by atoms with van der Waals surface area (Å²) in [4.78, 5) is 48.5. The van der Waals surface area contributed by atoms with E-state index in [-0.39, 0.29) is 35.1 Å². The predicted molar refractivity (Wildman–Crippen MR) is 112 cm³/mol. The number of nitrogens with zero attached hydrogens (tertiary/aromatic N) is 2. The van der Waals surface area contributed by atoms with Gasteiger partial charge in [-0.3, -0.25) is 19.8 Å². The highest BCUT2D eigenvalue weighted by molar-refractivity contribution is 5.99. The molecule has 1 unspecified atom stereocenters. The summed E-state index contributed by atoms with van der Waals surface area (Å²) in [5.74, 6) is -1.74. The van der Waals surface area contributed by atoms with Crippen LogP contribution in [0.15, 0.2) is 42.5 Å². The van der Waals surface area contributed by atoms with E-state index in [4.69, 9.17) is 0 Å². The summed E-state index contributed by atoms with van der Waals surface area (Å²) >= 11 is 0. The Balaban J connectivity index is 2.15. The Morgan fingerprint density at radius 2 is 1.65 bits per heavy atom. The summed E-state index contributed by atoms with van der Waals surface area (Å²) in [5.41, 5.74) is 1.05. The van der Waals surface area contributed by atoms with Crippen LogP contribution in [-0.2, 0) is 14.3 Å². The van der Waals surface area contributed by atoms with Gasteiger partial charge in [-0.25, -0.2) is 9.59 Å². The van der Waals surface area contributed by atoms with Crippen LogP contribution in [-0.4, -0.2) is 55.5 Å². The zero-order chi connectivity index (χ0) is 23.1. The van der Waals surface area contributed by atoms with Crippen molar-refractivity contribution >= 4 is 29.2 Å². The molecule has 2 rings (SSSR count). The van der Waals surface area contributed by atoms with E-state index < -0.39 is 22.8 Å². The number of anilines is 1. The summed E-state index contributed by atoms with van der Waals surface area (Å²) in [6, 6.07) is 10.00. The third kappa shape index (κ3) is 6.09. The quantitative estimate of drug-likeness (QED) is 0.385. The average molecular weight is 429 g/mol. The summed E-state index contributed by atoms with van der Waals surface area (Å²) in [6.45, 7) is 1.78. The first kappa shape index (κ1) is 23.5. The number of ether oxygens (including phenoxy) is 2. The molecule has 10 heteroatoms. The van der Waals surface area contributed by atoms with Crippen LogP contribution in [0, 0.1) is 10.1 Å². The molecule has 164 valence electrons. The van der Waals surface area contributed by atoms with E-state index in [9.17, 15) is 24.5 Å². The molecule has 2 aromatic rings. The number of carbonyl (C=O) groups is 3. The number of amides is 1. The number of hydrogen-bond donors (Lipinski definition) is 1. The second-order valence-corrected chi connectivity index (χ2v) is 6.77. The highest BCUT2D eigenvalue weighted by Gasteiger charge is 2.19. The Kier molecular flexibility index (Phi) is 7.81. The van der Waals surface area contributed by atoms with Crippen LogP contribution in [0.4, 0.5) is 11.4 Å². The largest absolute Gasteiger partial charge is 0.465 e. The third-order valence-electron chi connectivity index (χ3n) is 4.68. The zero-order valence-corrected chi connectivity index (χ0v) is 17.6. The Hall–Kier alpha value is -3.79. The number of hydrogen-bond acceptors (Lipinski definition) is 8. The molecular weight excluding hydrogens is 406 g/mol. The predicted octanol–water partition coefficient (Wildman–Crippen LogP) is 2.80. The normalized spacial score (nSPS) is 11.5. The van der Waals surface area contributed by atoms with Gasteiger partial charge in [-0.1, -0.05) is 12.1 Å². The number of esters is 2. The lowest BCUT2D eigenvalue weighted by Crippen LogP contribution is -2.32. The first-order chi connectivity index (χ1) is 14.7. The van der Waals surface area contributed by atoms with Crippen LogP contribution in [0.5, 0.6) is 0 Å². The molecule has 0 aliphatic carbocycles. The molecule has 31 heavy (non-hydrogen) atoms. The van der Waals surface area contributed by atoms with Crippen molar-refractivity contribution in [1.29, 1.82) is 0 Å². The lowest BCUT2D eigenvalue weighted by atomic mass is 10.1. The number of rotatable bonds is 8. The van der Waals surface area contributed by atoms with Crippen LogP contribution in [0.3, 0.4) is 0 Å². The van der Waals surface area contributed by atoms with Gasteiger partial charge in [0.2, 0.25) is 5.91 Å². The van der Waals surface area contributed by atoms with E-state index in [1.54, 1.807) is 24.1 Å². The Labute approximate surface area is 178 Å². The fourth-order valence-electron chi connectivity index (χ4n) is 2.89. The van der Waals surface area contributed by atoms with Gasteiger partial charge in [-0.15, -0.1) is 0 Å². The number of non-ortho nitro benzene ring substituents is 1. The molecule has 1 atom stereocenters. The average Bonchev–Trinajstić information content (AvgIpc) is 2.76. The van der Waals surface area contributed by atoms with Crippen molar-refractivity contribution in [1.82, 2.24) is 4.90 Å². The van der Waals surface area contributed by atoms with E-state index >= 15 is 0 Å². The van der Waals surface area contributed by atoms with Gasteiger partial charge in [-0.2, -0.15) is 0 Å². The van der Waals surface area contributed by atoms with Crippen molar-refractivity contribution in [3.8, 4) is 0 Å². The summed E-state index contributed by atoms with van der Waals surface area (Å²) in [7, 11) is 4.11. The SMILES string of the molecule is COC(=O)c1cc(NC(=O)CN(C)C(C)c2cccc([N+](=O)[O-])c2)cc(C(=O)OC)c1. The van der Waals surface area contributed by atoms with E-state index in [1.165, 1.54) is 44.6 Å². The molecule has 0 aromatic heterocycles. The molecule has 0 heterocycles. The molecule has 10 nitrogen and oxygen atoms in total. The second kappa shape index (κ2) is 10.3. The van der Waals surface area contributed by atoms with Crippen LogP contribution in [0.2, 0.25) is 0 Å². The maximum atomic E-state index is 12.5. The number of methoxy groups -OCH3 is 2. The molecule has 0 aliphatic heterocycles. The molecule has 0 spiro atoms. The Bertz CT molecular complexity index is 972. The number of carbonyl (C=O) groups excluding carboxylic acids is 3. The van der Waals surface area contributed by atoms with Crippen LogP contribution < -0.4 is 5.32 Å². The smallest absolute Gasteiger partial charge is 0.337 e. The molecule has 0 saturated heterocycles. The van der Waals surface area contributed by atoms with E-state index in [0.29, 0.717) is 5.56 Å². The van der Waals surface area contributed by atoms with Crippen molar-refractivity contribution < 1.29 is 28.8 Å². The first-order valence-electron chi connectivity index (χ1n) is 9.22. The monoisotopic (exact) mass is 429 g/mol. The first-order valence-corrected chi connectivity index (χ1v) is 9.22. The fraction of sp³-hybridized carbons (Fsp3) is 0.286. The van der Waals surface area contributed by atoms with Crippen molar-refractivity contribution in [2.24, 2.45) is 0 Å². The van der Waals surface area contributed by atoms with Gasteiger partial charge in [-0.05, 0) is 37.7 Å². The van der Waals surface area contributed by atoms with Crippen molar-refractivity contribution in [2.75, 3.05) is 33.1 Å². The summed E-state index contributed by atoms with van der Waals surface area (Å²) < 4.78 is 9.35. The topological polar surface area (TPSA) is 128 Å². The molecular formula is C21H23N3O7. The van der Waals surface area contributed by atoms with E-state index in [2.05, 4.69) is 14.8 Å². The third-order valence-corrected chi connectivity index (χ3v) is 4.68. The molecule has 2 aromatic carbocycles. The molecule has 0 radical (unpaired) electrons. The standard InChI is InChI=1S/C21H23N3O7/c1-13(14-6-5-7-18(11-14)24(28)29)23(2)12-19(25)22-17-9-15(20(26)30-3)8-16(10-17)21(27)31-4/h5-11,13H,12H2,1-4H3,(H,22,25). The summed E-state index contributed by atoms with van der Waals surface area (Å²) in [6.07, 6.45) is 0. The minimum atomic E-state index is -0.669. The van der Waals surface area contributed by atoms with Crippen molar-refractivity contribution in [3.05, 3.63) is 69.3 Å².